The Bertz CT molecular complexity index is 490. The summed E-state index contributed by atoms with van der Waals surface area (Å²) in [5.41, 5.74) is 4.02. The van der Waals surface area contributed by atoms with Crippen molar-refractivity contribution in [3.63, 3.8) is 0 Å². The quantitative estimate of drug-likeness (QED) is 0.820. The Hall–Kier alpha value is -0.950. The highest BCUT2D eigenvalue weighted by molar-refractivity contribution is 8.13. The lowest BCUT2D eigenvalue weighted by atomic mass is 10.2. The molecule has 1 aromatic heterocycles. The highest BCUT2D eigenvalue weighted by Gasteiger charge is 2.24. The molecule has 1 heterocycles. The van der Waals surface area contributed by atoms with E-state index in [4.69, 9.17) is 16.4 Å². The van der Waals surface area contributed by atoms with Crippen molar-refractivity contribution in [2.45, 2.75) is 18.2 Å². The van der Waals surface area contributed by atoms with Crippen molar-refractivity contribution >= 4 is 25.4 Å². The Balaban J connectivity index is 3.59. The molecule has 0 aromatic carbocycles. The number of hydrogen-bond donors (Lipinski definition) is 1. The normalized spacial score (nSPS) is 12.1. The van der Waals surface area contributed by atoms with Crippen LogP contribution in [0.25, 0.3) is 0 Å². The monoisotopic (exact) mass is 256 g/mol. The molecule has 0 saturated heterocycles. The second-order valence-corrected chi connectivity index (χ2v) is 5.31. The highest BCUT2D eigenvalue weighted by Crippen LogP contribution is 2.32. The van der Waals surface area contributed by atoms with Crippen molar-refractivity contribution in [2.75, 3.05) is 5.73 Å². The van der Waals surface area contributed by atoms with E-state index in [1.807, 2.05) is 0 Å². The van der Waals surface area contributed by atoms with Gasteiger partial charge < -0.3 is 5.73 Å². The first-order valence-corrected chi connectivity index (χ1v) is 6.04. The SMILES string of the molecule is Cc1cnc(C(F)F)c(N)c1S(=O)(=O)Cl. The molecule has 0 atom stereocenters. The summed E-state index contributed by atoms with van der Waals surface area (Å²) in [6.45, 7) is 1.37. The van der Waals surface area contributed by atoms with Crippen molar-refractivity contribution in [1.29, 1.82) is 0 Å². The summed E-state index contributed by atoms with van der Waals surface area (Å²) in [6.07, 6.45) is -1.95. The van der Waals surface area contributed by atoms with E-state index < -0.39 is 31.8 Å². The fourth-order valence-corrected chi connectivity index (χ4v) is 2.54. The topological polar surface area (TPSA) is 73.0 Å². The lowest BCUT2D eigenvalue weighted by Crippen LogP contribution is -2.07. The molecule has 0 unspecified atom stereocenters. The molecule has 84 valence electrons. The highest BCUT2D eigenvalue weighted by atomic mass is 35.7. The number of nitrogens with two attached hydrogens (primary N) is 1. The van der Waals surface area contributed by atoms with Crippen LogP contribution >= 0.6 is 10.7 Å². The van der Waals surface area contributed by atoms with E-state index in [0.29, 0.717) is 0 Å². The van der Waals surface area contributed by atoms with Gasteiger partial charge in [0.2, 0.25) is 0 Å². The summed E-state index contributed by atoms with van der Waals surface area (Å²) in [5.74, 6) is 0. The summed E-state index contributed by atoms with van der Waals surface area (Å²) < 4.78 is 46.8. The molecule has 1 rings (SSSR count). The second kappa shape index (κ2) is 3.90. The third kappa shape index (κ3) is 2.35. The van der Waals surface area contributed by atoms with Gasteiger partial charge in [0.1, 0.15) is 10.6 Å². The zero-order valence-electron chi connectivity index (χ0n) is 7.54. The molecule has 2 N–H and O–H groups in total. The number of rotatable bonds is 2. The van der Waals surface area contributed by atoms with Crippen LogP contribution < -0.4 is 5.73 Å². The van der Waals surface area contributed by atoms with Crippen LogP contribution in [0.1, 0.15) is 17.7 Å². The number of aryl methyl sites for hydroxylation is 1. The van der Waals surface area contributed by atoms with Gasteiger partial charge in [-0.1, -0.05) is 0 Å². The van der Waals surface area contributed by atoms with Crippen LogP contribution in [-0.4, -0.2) is 13.4 Å². The molecule has 0 aliphatic carbocycles. The minimum Gasteiger partial charge on any atom is -0.396 e. The molecule has 1 aromatic rings. The van der Waals surface area contributed by atoms with Gasteiger partial charge >= 0.3 is 0 Å². The first-order chi connectivity index (χ1) is 6.75. The van der Waals surface area contributed by atoms with Crippen LogP contribution in [-0.2, 0) is 9.05 Å². The molecule has 0 aliphatic rings. The van der Waals surface area contributed by atoms with Crippen molar-refractivity contribution in [3.05, 3.63) is 17.5 Å². The first-order valence-electron chi connectivity index (χ1n) is 3.73. The number of halogens is 3. The third-order valence-corrected chi connectivity index (χ3v) is 3.22. The van der Waals surface area contributed by atoms with Gasteiger partial charge in [-0.2, -0.15) is 0 Å². The molecule has 0 saturated carbocycles. The number of pyridine rings is 1. The lowest BCUT2D eigenvalue weighted by molar-refractivity contribution is 0.146. The van der Waals surface area contributed by atoms with Crippen molar-refractivity contribution in [1.82, 2.24) is 4.98 Å². The van der Waals surface area contributed by atoms with Gasteiger partial charge in [-0.25, -0.2) is 17.2 Å². The average Bonchev–Trinajstić information content (AvgIpc) is 2.00. The molecule has 0 aliphatic heterocycles. The first kappa shape index (κ1) is 12.1. The Morgan fingerprint density at radius 1 is 1.53 bits per heavy atom. The molecule has 0 radical (unpaired) electrons. The van der Waals surface area contributed by atoms with Crippen LogP contribution in [0.15, 0.2) is 11.1 Å². The number of aromatic nitrogens is 1. The van der Waals surface area contributed by atoms with Gasteiger partial charge in [-0.05, 0) is 12.5 Å². The number of nitrogens with zero attached hydrogens (tertiary/aromatic N) is 1. The summed E-state index contributed by atoms with van der Waals surface area (Å²) >= 11 is 0. The minimum atomic E-state index is -4.15. The van der Waals surface area contributed by atoms with Gasteiger partial charge in [0.05, 0.1) is 5.69 Å². The van der Waals surface area contributed by atoms with Crippen LogP contribution in [0.2, 0.25) is 0 Å². The Morgan fingerprint density at radius 2 is 2.07 bits per heavy atom. The molecule has 8 heteroatoms. The summed E-state index contributed by atoms with van der Waals surface area (Å²) in [6, 6.07) is 0. The average molecular weight is 257 g/mol. The van der Waals surface area contributed by atoms with E-state index in [1.165, 1.54) is 6.92 Å². The zero-order chi connectivity index (χ0) is 11.8. The molecule has 0 amide bonds. The van der Waals surface area contributed by atoms with Crippen LogP contribution in [0.4, 0.5) is 14.5 Å². The minimum absolute atomic E-state index is 0.131. The molecule has 15 heavy (non-hydrogen) atoms. The Labute approximate surface area is 89.5 Å². The van der Waals surface area contributed by atoms with Crippen LogP contribution in [0, 0.1) is 6.92 Å². The maximum atomic E-state index is 12.3. The largest absolute Gasteiger partial charge is 0.396 e. The third-order valence-electron chi connectivity index (χ3n) is 1.73. The molecular formula is C7H7ClF2N2O2S. The van der Waals surface area contributed by atoms with Gasteiger partial charge in [0, 0.05) is 16.9 Å². The number of nitrogen functional groups attached to an aromatic ring is 1. The van der Waals surface area contributed by atoms with Crippen LogP contribution in [0.5, 0.6) is 0 Å². The molecule has 4 nitrogen and oxygen atoms in total. The molecule has 0 bridgehead atoms. The molecular weight excluding hydrogens is 250 g/mol. The predicted molar refractivity (Wildman–Crippen MR) is 51.4 cm³/mol. The van der Waals surface area contributed by atoms with E-state index in [-0.39, 0.29) is 5.56 Å². The molecule has 0 spiro atoms. The number of hydrogen-bond acceptors (Lipinski definition) is 4. The van der Waals surface area contributed by atoms with E-state index in [1.54, 1.807) is 0 Å². The summed E-state index contributed by atoms with van der Waals surface area (Å²) in [4.78, 5) is 2.85. The number of anilines is 1. The lowest BCUT2D eigenvalue weighted by Gasteiger charge is -2.09. The fourth-order valence-electron chi connectivity index (χ4n) is 1.12. The van der Waals surface area contributed by atoms with Crippen molar-refractivity contribution in [2.24, 2.45) is 0 Å². The summed E-state index contributed by atoms with van der Waals surface area (Å²) in [5, 5.41) is 0. The van der Waals surface area contributed by atoms with Crippen LogP contribution in [0.3, 0.4) is 0 Å². The van der Waals surface area contributed by atoms with Crippen molar-refractivity contribution < 1.29 is 17.2 Å². The maximum absolute atomic E-state index is 12.3. The van der Waals surface area contributed by atoms with Gasteiger partial charge in [0.25, 0.3) is 15.5 Å². The fraction of sp³-hybridized carbons (Fsp3) is 0.286. The van der Waals surface area contributed by atoms with Gasteiger partial charge in [-0.3, -0.25) is 4.98 Å². The molecule has 0 fully saturated rings. The maximum Gasteiger partial charge on any atom is 0.282 e. The predicted octanol–water partition coefficient (Wildman–Crippen LogP) is 1.84. The van der Waals surface area contributed by atoms with Crippen molar-refractivity contribution in [3.8, 4) is 0 Å². The van der Waals surface area contributed by atoms with Gasteiger partial charge in [-0.15, -0.1) is 0 Å². The standard InChI is InChI=1S/C7H7ClF2N2O2S/c1-3-2-12-5(7(9)10)4(11)6(3)15(8,13)14/h2,7H,11H2,1H3. The Kier molecular flexibility index (Phi) is 3.15. The van der Waals surface area contributed by atoms with E-state index >= 15 is 0 Å². The van der Waals surface area contributed by atoms with Gasteiger partial charge in [0.15, 0.2) is 0 Å². The zero-order valence-corrected chi connectivity index (χ0v) is 9.11. The Morgan fingerprint density at radius 3 is 2.47 bits per heavy atom. The van der Waals surface area contributed by atoms with E-state index in [2.05, 4.69) is 4.98 Å². The van der Waals surface area contributed by atoms with E-state index in [0.717, 1.165) is 6.20 Å². The second-order valence-electron chi connectivity index (χ2n) is 2.81. The summed E-state index contributed by atoms with van der Waals surface area (Å²) in [7, 11) is 0.919. The number of alkyl halides is 2. The van der Waals surface area contributed by atoms with E-state index in [9.17, 15) is 17.2 Å². The smallest absolute Gasteiger partial charge is 0.282 e.